The Labute approximate surface area is 121 Å². The van der Waals surface area contributed by atoms with Gasteiger partial charge in [-0.1, -0.05) is 22.9 Å². The molecule has 19 heavy (non-hydrogen) atoms. The highest BCUT2D eigenvalue weighted by molar-refractivity contribution is 9.10. The van der Waals surface area contributed by atoms with Gasteiger partial charge in [-0.3, -0.25) is 9.59 Å². The fourth-order valence-electron chi connectivity index (χ4n) is 1.61. The fourth-order valence-corrected chi connectivity index (χ4v) is 1.97. The summed E-state index contributed by atoms with van der Waals surface area (Å²) in [5.74, 6) is -0.267. The molecule has 0 aliphatic rings. The van der Waals surface area contributed by atoms with Gasteiger partial charge in [0.05, 0.1) is 5.69 Å². The van der Waals surface area contributed by atoms with Crippen LogP contribution in [0.3, 0.4) is 0 Å². The predicted molar refractivity (Wildman–Crippen MR) is 78.5 cm³/mol. The van der Waals surface area contributed by atoms with Crippen molar-refractivity contribution in [3.05, 3.63) is 28.2 Å². The number of anilines is 1. The third-order valence-corrected chi connectivity index (χ3v) is 3.14. The lowest BCUT2D eigenvalue weighted by Crippen LogP contribution is -2.28. The highest BCUT2D eigenvalue weighted by Crippen LogP contribution is 2.23. The highest BCUT2D eigenvalue weighted by Gasteiger charge is 2.16. The smallest absolute Gasteiger partial charge is 0.253 e. The Bertz CT molecular complexity index is 474. The van der Waals surface area contributed by atoms with Crippen LogP contribution in [-0.4, -0.2) is 24.4 Å². The van der Waals surface area contributed by atoms with E-state index in [2.05, 4.69) is 21.2 Å². The molecule has 1 aromatic rings. The minimum absolute atomic E-state index is 0.00753. The first-order chi connectivity index (χ1) is 8.99. The normalized spacial score (nSPS) is 12.0. The summed E-state index contributed by atoms with van der Waals surface area (Å²) in [5.41, 5.74) is 1.03. The summed E-state index contributed by atoms with van der Waals surface area (Å²) in [6, 6.07) is 5.21. The minimum Gasteiger partial charge on any atom is -0.369 e. The number of ketones is 1. The van der Waals surface area contributed by atoms with Crippen molar-refractivity contribution >= 4 is 33.3 Å². The molecule has 0 fully saturated rings. The van der Waals surface area contributed by atoms with E-state index in [0.717, 1.165) is 4.47 Å². The number of halogens is 1. The lowest BCUT2D eigenvalue weighted by Gasteiger charge is -2.14. The largest absolute Gasteiger partial charge is 0.369 e. The van der Waals surface area contributed by atoms with Crippen LogP contribution in [0.4, 0.5) is 5.69 Å². The third kappa shape index (κ3) is 4.44. The number of hydrogen-bond donors (Lipinski definition) is 1. The van der Waals surface area contributed by atoms with Crippen molar-refractivity contribution in [3.8, 4) is 0 Å². The molecule has 0 aliphatic heterocycles. The second kappa shape index (κ2) is 7.40. The maximum absolute atomic E-state index is 11.9. The zero-order valence-corrected chi connectivity index (χ0v) is 12.9. The Morgan fingerprint density at radius 2 is 2.05 bits per heavy atom. The first-order valence-electron chi connectivity index (χ1n) is 6.24. The summed E-state index contributed by atoms with van der Waals surface area (Å²) in [5, 5.41) is 2.74. The molecule has 0 aliphatic carbocycles. The van der Waals surface area contributed by atoms with Gasteiger partial charge in [0.15, 0.2) is 5.78 Å². The van der Waals surface area contributed by atoms with Gasteiger partial charge in [-0.15, -0.1) is 0 Å². The molecule has 104 valence electrons. The molecular formula is C14H18BrNO3. The first kappa shape index (κ1) is 15.9. The molecule has 1 rings (SSSR count). The van der Waals surface area contributed by atoms with Crippen LogP contribution in [0.1, 0.15) is 37.6 Å². The van der Waals surface area contributed by atoms with Crippen LogP contribution >= 0.6 is 15.9 Å². The van der Waals surface area contributed by atoms with Crippen molar-refractivity contribution < 1.29 is 14.3 Å². The molecule has 0 spiro atoms. The van der Waals surface area contributed by atoms with E-state index in [1.165, 1.54) is 0 Å². The van der Waals surface area contributed by atoms with Crippen LogP contribution in [0, 0.1) is 0 Å². The molecule has 1 atom stereocenters. The average Bonchev–Trinajstić information content (AvgIpc) is 2.38. The number of amides is 1. The van der Waals surface area contributed by atoms with Gasteiger partial charge >= 0.3 is 0 Å². The summed E-state index contributed by atoms with van der Waals surface area (Å²) in [4.78, 5) is 23.7. The van der Waals surface area contributed by atoms with Crippen molar-refractivity contribution in [2.75, 3.05) is 11.9 Å². The Morgan fingerprint density at radius 3 is 2.63 bits per heavy atom. The molecule has 4 nitrogen and oxygen atoms in total. The quantitative estimate of drug-likeness (QED) is 0.814. The zero-order valence-electron chi connectivity index (χ0n) is 11.3. The summed E-state index contributed by atoms with van der Waals surface area (Å²) in [6.45, 7) is 5.76. The number of benzene rings is 1. The van der Waals surface area contributed by atoms with Gasteiger partial charge in [0.2, 0.25) is 0 Å². The lowest BCUT2D eigenvalue weighted by atomic mass is 10.1. The van der Waals surface area contributed by atoms with Crippen LogP contribution in [0.2, 0.25) is 0 Å². The van der Waals surface area contributed by atoms with Crippen LogP contribution in [0.15, 0.2) is 22.7 Å². The van der Waals surface area contributed by atoms with Crippen molar-refractivity contribution in [2.24, 2.45) is 0 Å². The molecule has 1 aromatic carbocycles. The lowest BCUT2D eigenvalue weighted by molar-refractivity contribution is -0.126. The number of Topliss-reactive ketones (excluding diaryl/α,β-unsaturated/α-hetero) is 1. The van der Waals surface area contributed by atoms with Gasteiger partial charge in [0, 0.05) is 23.1 Å². The van der Waals surface area contributed by atoms with Gasteiger partial charge in [0.25, 0.3) is 5.91 Å². The second-order valence-corrected chi connectivity index (χ2v) is 4.97. The van der Waals surface area contributed by atoms with Crippen molar-refractivity contribution in [1.29, 1.82) is 0 Å². The highest BCUT2D eigenvalue weighted by atomic mass is 79.9. The van der Waals surface area contributed by atoms with Crippen LogP contribution < -0.4 is 5.32 Å². The van der Waals surface area contributed by atoms with Crippen molar-refractivity contribution in [2.45, 2.75) is 33.3 Å². The Balaban J connectivity index is 2.96. The van der Waals surface area contributed by atoms with Gasteiger partial charge in [-0.05, 0) is 32.0 Å². The van der Waals surface area contributed by atoms with Gasteiger partial charge in [0.1, 0.15) is 6.10 Å². The maximum Gasteiger partial charge on any atom is 0.253 e. The maximum atomic E-state index is 11.9. The van der Waals surface area contributed by atoms with E-state index in [0.29, 0.717) is 24.3 Å². The van der Waals surface area contributed by atoms with Gasteiger partial charge < -0.3 is 10.1 Å². The first-order valence-corrected chi connectivity index (χ1v) is 7.04. The van der Waals surface area contributed by atoms with Gasteiger partial charge in [-0.2, -0.15) is 0 Å². The standard InChI is InChI=1S/C14H18BrNO3/c1-4-13(17)11-7-6-10(15)8-12(11)16-14(18)9(3)19-5-2/h6-9H,4-5H2,1-3H3,(H,16,18). The number of rotatable bonds is 6. The van der Waals surface area contributed by atoms with E-state index < -0.39 is 6.10 Å². The van der Waals surface area contributed by atoms with Crippen LogP contribution in [0.25, 0.3) is 0 Å². The van der Waals surface area contributed by atoms with E-state index in [9.17, 15) is 9.59 Å². The molecule has 1 amide bonds. The summed E-state index contributed by atoms with van der Waals surface area (Å²) in [7, 11) is 0. The van der Waals surface area contributed by atoms with E-state index in [1.54, 1.807) is 32.0 Å². The molecule has 0 aromatic heterocycles. The van der Waals surface area contributed by atoms with Gasteiger partial charge in [-0.25, -0.2) is 0 Å². The van der Waals surface area contributed by atoms with Crippen LogP contribution in [-0.2, 0) is 9.53 Å². The average molecular weight is 328 g/mol. The number of hydrogen-bond acceptors (Lipinski definition) is 3. The molecule has 1 unspecified atom stereocenters. The SMILES string of the molecule is CCOC(C)C(=O)Nc1cc(Br)ccc1C(=O)CC. The van der Waals surface area contributed by atoms with Crippen molar-refractivity contribution in [1.82, 2.24) is 0 Å². The molecule has 0 saturated carbocycles. The third-order valence-electron chi connectivity index (χ3n) is 2.65. The predicted octanol–water partition coefficient (Wildman–Crippen LogP) is 3.41. The molecule has 0 radical (unpaired) electrons. The summed E-state index contributed by atoms with van der Waals surface area (Å²) in [6.07, 6.45) is -0.153. The summed E-state index contributed by atoms with van der Waals surface area (Å²) >= 11 is 3.33. The number of ether oxygens (including phenoxy) is 1. The molecule has 1 N–H and O–H groups in total. The van der Waals surface area contributed by atoms with E-state index >= 15 is 0 Å². The molecule has 0 saturated heterocycles. The van der Waals surface area contributed by atoms with E-state index in [-0.39, 0.29) is 11.7 Å². The number of carbonyl (C=O) groups is 2. The Kier molecular flexibility index (Phi) is 6.18. The van der Waals surface area contributed by atoms with Crippen molar-refractivity contribution in [3.63, 3.8) is 0 Å². The van der Waals surface area contributed by atoms with Crippen LogP contribution in [0.5, 0.6) is 0 Å². The molecule has 0 bridgehead atoms. The molecular weight excluding hydrogens is 310 g/mol. The Morgan fingerprint density at radius 1 is 1.37 bits per heavy atom. The summed E-state index contributed by atoms with van der Waals surface area (Å²) < 4.78 is 6.03. The monoisotopic (exact) mass is 327 g/mol. The van der Waals surface area contributed by atoms with E-state index in [4.69, 9.17) is 4.74 Å². The Hall–Kier alpha value is -1.20. The van der Waals surface area contributed by atoms with E-state index in [1.807, 2.05) is 6.92 Å². The second-order valence-electron chi connectivity index (χ2n) is 4.05. The fraction of sp³-hybridized carbons (Fsp3) is 0.429. The molecule has 0 heterocycles. The number of carbonyl (C=O) groups excluding carboxylic acids is 2. The molecule has 5 heteroatoms. The topological polar surface area (TPSA) is 55.4 Å². The zero-order chi connectivity index (χ0) is 14.4. The minimum atomic E-state index is -0.548. The number of nitrogens with one attached hydrogen (secondary N) is 1.